The fourth-order valence-corrected chi connectivity index (χ4v) is 1.99. The van der Waals surface area contributed by atoms with Crippen LogP contribution in [0.25, 0.3) is 11.1 Å². The molecule has 0 aliphatic heterocycles. The van der Waals surface area contributed by atoms with Gasteiger partial charge in [0.05, 0.1) is 26.0 Å². The Morgan fingerprint density at radius 2 is 1.67 bits per heavy atom. The molecular weight excluding hydrogens is 287 g/mol. The minimum atomic E-state index is -4.56. The summed E-state index contributed by atoms with van der Waals surface area (Å²) >= 11 is 0. The molecule has 0 aliphatic rings. The molecule has 21 heavy (non-hydrogen) atoms. The van der Waals surface area contributed by atoms with Gasteiger partial charge in [-0.25, -0.2) is 0 Å². The van der Waals surface area contributed by atoms with E-state index in [-0.39, 0.29) is 28.4 Å². The molecule has 0 radical (unpaired) electrons. The van der Waals surface area contributed by atoms with Gasteiger partial charge in [-0.1, -0.05) is 0 Å². The molecule has 0 unspecified atom stereocenters. The van der Waals surface area contributed by atoms with E-state index in [1.54, 1.807) is 7.05 Å². The van der Waals surface area contributed by atoms with Gasteiger partial charge in [-0.2, -0.15) is 18.3 Å². The first-order chi connectivity index (χ1) is 9.79. The van der Waals surface area contributed by atoms with Crippen molar-refractivity contribution in [1.82, 2.24) is 9.78 Å². The molecule has 0 saturated heterocycles. The van der Waals surface area contributed by atoms with Gasteiger partial charge in [0.2, 0.25) is 0 Å². The first-order valence-electron chi connectivity index (χ1n) is 5.90. The fourth-order valence-electron chi connectivity index (χ4n) is 1.99. The molecule has 0 bridgehead atoms. The molecule has 0 spiro atoms. The van der Waals surface area contributed by atoms with Crippen molar-refractivity contribution in [3.05, 3.63) is 23.9 Å². The van der Waals surface area contributed by atoms with E-state index in [2.05, 4.69) is 5.10 Å². The van der Waals surface area contributed by atoms with Crippen molar-refractivity contribution < 1.29 is 22.6 Å². The molecular formula is C13H14F3N3O2. The summed E-state index contributed by atoms with van der Waals surface area (Å²) in [6, 6.07) is 2.13. The van der Waals surface area contributed by atoms with Crippen LogP contribution in [0, 0.1) is 0 Å². The number of nitrogen functional groups attached to an aromatic ring is 1. The number of halogens is 3. The summed E-state index contributed by atoms with van der Waals surface area (Å²) in [7, 11) is 4.17. The highest BCUT2D eigenvalue weighted by atomic mass is 19.4. The van der Waals surface area contributed by atoms with Crippen molar-refractivity contribution in [3.63, 3.8) is 0 Å². The third kappa shape index (κ3) is 2.61. The molecule has 0 atom stereocenters. The first kappa shape index (κ1) is 15.0. The van der Waals surface area contributed by atoms with Crippen LogP contribution in [-0.2, 0) is 13.2 Å². The Morgan fingerprint density at radius 1 is 1.10 bits per heavy atom. The number of aryl methyl sites for hydroxylation is 1. The van der Waals surface area contributed by atoms with Gasteiger partial charge in [0, 0.05) is 18.2 Å². The number of ether oxygens (including phenoxy) is 2. The van der Waals surface area contributed by atoms with E-state index < -0.39 is 11.7 Å². The molecule has 114 valence electrons. The van der Waals surface area contributed by atoms with Crippen molar-refractivity contribution in [2.75, 3.05) is 20.0 Å². The highest BCUT2D eigenvalue weighted by Gasteiger charge is 2.36. The summed E-state index contributed by atoms with van der Waals surface area (Å²) < 4.78 is 51.1. The number of anilines is 1. The number of rotatable bonds is 3. The molecule has 1 aromatic carbocycles. The Bertz CT molecular complexity index is 665. The molecule has 1 aromatic heterocycles. The standard InChI is InChI=1S/C13H14F3N3O2/c1-19-12(17)8(6-18-19)7-4-10(20-2)11(21-3)5-9(7)13(14,15)16/h4-6H,17H2,1-3H3. The van der Waals surface area contributed by atoms with Gasteiger partial charge in [0.1, 0.15) is 5.82 Å². The lowest BCUT2D eigenvalue weighted by atomic mass is 10.00. The number of alkyl halides is 3. The van der Waals surface area contributed by atoms with Gasteiger partial charge in [-0.05, 0) is 12.1 Å². The molecule has 2 rings (SSSR count). The summed E-state index contributed by atoms with van der Waals surface area (Å²) in [5.41, 5.74) is 4.99. The van der Waals surface area contributed by atoms with Gasteiger partial charge >= 0.3 is 6.18 Å². The largest absolute Gasteiger partial charge is 0.493 e. The zero-order valence-electron chi connectivity index (χ0n) is 11.7. The lowest BCUT2D eigenvalue weighted by molar-refractivity contribution is -0.137. The second kappa shape index (κ2) is 5.19. The molecule has 0 aliphatic carbocycles. The van der Waals surface area contributed by atoms with Crippen molar-refractivity contribution in [2.24, 2.45) is 7.05 Å². The van der Waals surface area contributed by atoms with Crippen molar-refractivity contribution in [3.8, 4) is 22.6 Å². The zero-order chi connectivity index (χ0) is 15.8. The SMILES string of the molecule is COc1cc(-c2cnn(C)c2N)c(C(F)(F)F)cc1OC. The highest BCUT2D eigenvalue weighted by Crippen LogP contribution is 2.44. The number of aromatic nitrogens is 2. The predicted molar refractivity (Wildman–Crippen MR) is 71.2 cm³/mol. The Labute approximate surface area is 119 Å². The third-order valence-corrected chi connectivity index (χ3v) is 3.10. The molecule has 2 N–H and O–H groups in total. The number of hydrogen-bond donors (Lipinski definition) is 1. The maximum Gasteiger partial charge on any atom is 0.417 e. The molecule has 0 saturated carbocycles. The fraction of sp³-hybridized carbons (Fsp3) is 0.308. The zero-order valence-corrected chi connectivity index (χ0v) is 11.7. The second-order valence-corrected chi connectivity index (χ2v) is 4.32. The summed E-state index contributed by atoms with van der Waals surface area (Å²) in [4.78, 5) is 0. The van der Waals surface area contributed by atoms with Gasteiger partial charge < -0.3 is 15.2 Å². The quantitative estimate of drug-likeness (QED) is 0.947. The predicted octanol–water partition coefficient (Wildman–Crippen LogP) is 2.71. The normalized spacial score (nSPS) is 11.5. The summed E-state index contributed by atoms with van der Waals surface area (Å²) in [6.45, 7) is 0. The van der Waals surface area contributed by atoms with Crippen LogP contribution in [-0.4, -0.2) is 24.0 Å². The van der Waals surface area contributed by atoms with Crippen molar-refractivity contribution in [2.45, 2.75) is 6.18 Å². The van der Waals surface area contributed by atoms with Crippen LogP contribution in [0.15, 0.2) is 18.3 Å². The van der Waals surface area contributed by atoms with Crippen LogP contribution in [0.3, 0.4) is 0 Å². The van der Waals surface area contributed by atoms with Crippen molar-refractivity contribution in [1.29, 1.82) is 0 Å². The van der Waals surface area contributed by atoms with Crippen LogP contribution in [0.4, 0.5) is 19.0 Å². The minimum Gasteiger partial charge on any atom is -0.493 e. The molecule has 1 heterocycles. The van der Waals surface area contributed by atoms with E-state index in [1.165, 1.54) is 31.2 Å². The molecule has 8 heteroatoms. The van der Waals surface area contributed by atoms with Gasteiger partial charge in [0.15, 0.2) is 11.5 Å². The topological polar surface area (TPSA) is 62.3 Å². The maximum absolute atomic E-state index is 13.3. The molecule has 5 nitrogen and oxygen atoms in total. The average molecular weight is 301 g/mol. The number of methoxy groups -OCH3 is 2. The Kier molecular flexibility index (Phi) is 3.71. The van der Waals surface area contributed by atoms with Crippen LogP contribution < -0.4 is 15.2 Å². The van der Waals surface area contributed by atoms with Gasteiger partial charge in [-0.3, -0.25) is 4.68 Å². The van der Waals surface area contributed by atoms with E-state index in [1.807, 2.05) is 0 Å². The first-order valence-corrected chi connectivity index (χ1v) is 5.90. The maximum atomic E-state index is 13.3. The molecule has 2 aromatic rings. The number of hydrogen-bond acceptors (Lipinski definition) is 4. The summed E-state index contributed by atoms with van der Waals surface area (Å²) in [5.74, 6) is 0.313. The highest BCUT2D eigenvalue weighted by molar-refractivity contribution is 5.78. The lowest BCUT2D eigenvalue weighted by Gasteiger charge is -2.16. The van der Waals surface area contributed by atoms with E-state index in [0.717, 1.165) is 6.07 Å². The van der Waals surface area contributed by atoms with E-state index in [4.69, 9.17) is 15.2 Å². The minimum absolute atomic E-state index is 0.00367. The van der Waals surface area contributed by atoms with Crippen LogP contribution in [0.2, 0.25) is 0 Å². The third-order valence-electron chi connectivity index (χ3n) is 3.10. The Morgan fingerprint density at radius 3 is 2.10 bits per heavy atom. The summed E-state index contributed by atoms with van der Waals surface area (Å²) in [6.07, 6.45) is -3.27. The Balaban J connectivity index is 2.76. The lowest BCUT2D eigenvalue weighted by Crippen LogP contribution is -2.09. The Hall–Kier alpha value is -2.38. The van der Waals surface area contributed by atoms with E-state index in [0.29, 0.717) is 0 Å². The van der Waals surface area contributed by atoms with E-state index in [9.17, 15) is 13.2 Å². The van der Waals surface area contributed by atoms with Crippen LogP contribution >= 0.6 is 0 Å². The van der Waals surface area contributed by atoms with Gasteiger partial charge in [0.25, 0.3) is 0 Å². The smallest absolute Gasteiger partial charge is 0.417 e. The van der Waals surface area contributed by atoms with E-state index >= 15 is 0 Å². The molecule has 0 amide bonds. The monoisotopic (exact) mass is 301 g/mol. The number of nitrogens with two attached hydrogens (primary N) is 1. The number of benzene rings is 1. The number of nitrogens with zero attached hydrogens (tertiary/aromatic N) is 2. The van der Waals surface area contributed by atoms with Crippen LogP contribution in [0.5, 0.6) is 11.5 Å². The van der Waals surface area contributed by atoms with Crippen molar-refractivity contribution >= 4 is 5.82 Å². The average Bonchev–Trinajstić information content (AvgIpc) is 2.76. The second-order valence-electron chi connectivity index (χ2n) is 4.32. The molecule has 0 fully saturated rings. The van der Waals surface area contributed by atoms with Gasteiger partial charge in [-0.15, -0.1) is 0 Å². The van der Waals surface area contributed by atoms with Crippen LogP contribution in [0.1, 0.15) is 5.56 Å². The summed E-state index contributed by atoms with van der Waals surface area (Å²) in [5, 5.41) is 3.87.